The van der Waals surface area contributed by atoms with Gasteiger partial charge in [0.1, 0.15) is 12.4 Å². The molecule has 1 aliphatic heterocycles. The molecule has 160 valence electrons. The molecule has 1 atom stereocenters. The van der Waals surface area contributed by atoms with E-state index in [-0.39, 0.29) is 24.0 Å². The number of amides is 3. The smallest absolute Gasteiger partial charge is 0.321 e. The van der Waals surface area contributed by atoms with Crippen molar-refractivity contribution < 1.29 is 14.3 Å². The summed E-state index contributed by atoms with van der Waals surface area (Å²) in [5.41, 5.74) is 0. The van der Waals surface area contributed by atoms with Crippen LogP contribution in [0.5, 0.6) is 5.75 Å². The lowest BCUT2D eigenvalue weighted by molar-refractivity contribution is -0.125. The molecule has 1 saturated heterocycles. The molecule has 7 heteroatoms. The topological polar surface area (TPSA) is 73.9 Å². The highest BCUT2D eigenvalue weighted by molar-refractivity contribution is 5.96. The molecule has 0 spiro atoms. The van der Waals surface area contributed by atoms with Crippen LogP contribution in [-0.4, -0.2) is 73.2 Å². The lowest BCUT2D eigenvalue weighted by atomic mass is 9.96. The SMILES string of the molecule is C[C@H](C(=O)NC(=O)NC1CCCCC1)N1CCN(CCOc2ccccc2)CC1. The van der Waals surface area contributed by atoms with Crippen molar-refractivity contribution in [1.82, 2.24) is 20.4 Å². The molecule has 0 radical (unpaired) electrons. The Morgan fingerprint density at radius 2 is 1.76 bits per heavy atom. The van der Waals surface area contributed by atoms with Crippen LogP contribution in [0.1, 0.15) is 39.0 Å². The summed E-state index contributed by atoms with van der Waals surface area (Å²) in [6.45, 7) is 6.80. The van der Waals surface area contributed by atoms with Crippen LogP contribution in [0.15, 0.2) is 30.3 Å². The van der Waals surface area contributed by atoms with Crippen LogP contribution in [0, 0.1) is 0 Å². The van der Waals surface area contributed by atoms with E-state index in [1.54, 1.807) is 0 Å². The Bertz CT molecular complexity index is 641. The summed E-state index contributed by atoms with van der Waals surface area (Å²) >= 11 is 0. The zero-order chi connectivity index (χ0) is 20.5. The standard InChI is InChI=1S/C22H34N4O3/c1-18(21(27)24-22(28)23-19-8-4-2-5-9-19)26-14-12-25(13-15-26)16-17-29-20-10-6-3-7-11-20/h3,6-7,10-11,18-19H,2,4-5,8-9,12-17H2,1H3,(H2,23,24,27,28)/t18-/m1/s1. The van der Waals surface area contributed by atoms with Gasteiger partial charge in [-0.2, -0.15) is 0 Å². The zero-order valence-electron chi connectivity index (χ0n) is 17.4. The quantitative estimate of drug-likeness (QED) is 0.732. The molecule has 1 saturated carbocycles. The number of hydrogen-bond donors (Lipinski definition) is 2. The normalized spacial score (nSPS) is 20.0. The lowest BCUT2D eigenvalue weighted by Crippen LogP contribution is -2.56. The highest BCUT2D eigenvalue weighted by atomic mass is 16.5. The van der Waals surface area contributed by atoms with Crippen molar-refractivity contribution in [3.05, 3.63) is 30.3 Å². The summed E-state index contributed by atoms with van der Waals surface area (Å²) in [6, 6.07) is 9.37. The second kappa shape index (κ2) is 11.2. The van der Waals surface area contributed by atoms with E-state index in [4.69, 9.17) is 4.74 Å². The van der Waals surface area contributed by atoms with Gasteiger partial charge in [0.25, 0.3) is 0 Å². The molecule has 2 N–H and O–H groups in total. The number of para-hydroxylation sites is 1. The number of nitrogens with zero attached hydrogens (tertiary/aromatic N) is 2. The molecule has 0 aromatic heterocycles. The number of rotatable bonds is 7. The number of carbonyl (C=O) groups is 2. The largest absolute Gasteiger partial charge is 0.492 e. The third-order valence-corrected chi connectivity index (χ3v) is 5.93. The maximum Gasteiger partial charge on any atom is 0.321 e. The third-order valence-electron chi connectivity index (χ3n) is 5.93. The van der Waals surface area contributed by atoms with Crippen LogP contribution in [0.25, 0.3) is 0 Å². The molecule has 1 aliphatic carbocycles. The molecule has 2 aliphatic rings. The van der Waals surface area contributed by atoms with Crippen molar-refractivity contribution in [2.45, 2.75) is 51.1 Å². The molecule has 2 fully saturated rings. The summed E-state index contributed by atoms with van der Waals surface area (Å²) in [6.07, 6.45) is 5.55. The van der Waals surface area contributed by atoms with E-state index in [1.165, 1.54) is 6.42 Å². The first-order chi connectivity index (χ1) is 14.1. The maximum atomic E-state index is 12.5. The fourth-order valence-corrected chi connectivity index (χ4v) is 4.03. The van der Waals surface area contributed by atoms with Gasteiger partial charge in [0.05, 0.1) is 6.04 Å². The predicted octanol–water partition coefficient (Wildman–Crippen LogP) is 2.23. The van der Waals surface area contributed by atoms with Gasteiger partial charge in [0.15, 0.2) is 0 Å². The summed E-state index contributed by atoms with van der Waals surface area (Å²) in [4.78, 5) is 29.1. The number of hydrogen-bond acceptors (Lipinski definition) is 5. The van der Waals surface area contributed by atoms with Crippen molar-refractivity contribution in [2.24, 2.45) is 0 Å². The summed E-state index contributed by atoms with van der Waals surface area (Å²) in [5.74, 6) is 0.669. The Morgan fingerprint density at radius 1 is 1.07 bits per heavy atom. The molecule has 3 amide bonds. The predicted molar refractivity (Wildman–Crippen MR) is 113 cm³/mol. The van der Waals surface area contributed by atoms with Gasteiger partial charge >= 0.3 is 6.03 Å². The Labute approximate surface area is 173 Å². The molecule has 3 rings (SSSR count). The first kappa shape index (κ1) is 21.6. The van der Waals surface area contributed by atoms with E-state index in [0.29, 0.717) is 6.61 Å². The van der Waals surface area contributed by atoms with E-state index in [0.717, 1.165) is 64.2 Å². The summed E-state index contributed by atoms with van der Waals surface area (Å²) in [5, 5.41) is 5.46. The van der Waals surface area contributed by atoms with Crippen molar-refractivity contribution in [2.75, 3.05) is 39.3 Å². The number of piperazine rings is 1. The molecule has 7 nitrogen and oxygen atoms in total. The van der Waals surface area contributed by atoms with E-state index in [1.807, 2.05) is 37.3 Å². The minimum atomic E-state index is -0.356. The number of benzene rings is 1. The fraction of sp³-hybridized carbons (Fsp3) is 0.636. The van der Waals surface area contributed by atoms with Gasteiger partial charge in [-0.1, -0.05) is 37.5 Å². The first-order valence-electron chi connectivity index (χ1n) is 10.9. The van der Waals surface area contributed by atoms with Crippen LogP contribution in [0.3, 0.4) is 0 Å². The summed E-state index contributed by atoms with van der Waals surface area (Å²) in [7, 11) is 0. The molecule has 0 bridgehead atoms. The molecule has 1 heterocycles. The van der Waals surface area contributed by atoms with Gasteiger partial charge in [0, 0.05) is 38.8 Å². The van der Waals surface area contributed by atoms with Gasteiger partial charge in [-0.3, -0.25) is 19.9 Å². The van der Waals surface area contributed by atoms with Crippen LogP contribution >= 0.6 is 0 Å². The Kier molecular flexibility index (Phi) is 8.31. The van der Waals surface area contributed by atoms with E-state index in [2.05, 4.69) is 20.4 Å². The monoisotopic (exact) mass is 402 g/mol. The van der Waals surface area contributed by atoms with Gasteiger partial charge in [0.2, 0.25) is 5.91 Å². The number of urea groups is 1. The minimum Gasteiger partial charge on any atom is -0.492 e. The molecule has 1 aromatic carbocycles. The fourth-order valence-electron chi connectivity index (χ4n) is 4.03. The Morgan fingerprint density at radius 3 is 2.45 bits per heavy atom. The van der Waals surface area contributed by atoms with Crippen molar-refractivity contribution in [3.63, 3.8) is 0 Å². The van der Waals surface area contributed by atoms with Gasteiger partial charge < -0.3 is 10.1 Å². The number of carbonyl (C=O) groups excluding carboxylic acids is 2. The zero-order valence-corrected chi connectivity index (χ0v) is 17.4. The molecular formula is C22H34N4O3. The number of nitrogens with one attached hydrogen (secondary N) is 2. The second-order valence-electron chi connectivity index (χ2n) is 8.01. The van der Waals surface area contributed by atoms with Gasteiger partial charge in [-0.25, -0.2) is 4.79 Å². The molecule has 29 heavy (non-hydrogen) atoms. The lowest BCUT2D eigenvalue weighted by Gasteiger charge is -2.37. The van der Waals surface area contributed by atoms with Gasteiger partial charge in [-0.05, 0) is 31.9 Å². The first-order valence-corrected chi connectivity index (χ1v) is 10.9. The average Bonchev–Trinajstić information content (AvgIpc) is 2.75. The van der Waals surface area contributed by atoms with E-state index < -0.39 is 0 Å². The van der Waals surface area contributed by atoms with Crippen LogP contribution in [0.4, 0.5) is 4.79 Å². The van der Waals surface area contributed by atoms with E-state index in [9.17, 15) is 9.59 Å². The Balaban J connectivity index is 1.32. The number of ether oxygens (including phenoxy) is 1. The average molecular weight is 403 g/mol. The minimum absolute atomic E-state index is 0.202. The Hall–Kier alpha value is -2.12. The van der Waals surface area contributed by atoms with Crippen molar-refractivity contribution >= 4 is 11.9 Å². The highest BCUT2D eigenvalue weighted by Gasteiger charge is 2.27. The number of imide groups is 1. The summed E-state index contributed by atoms with van der Waals surface area (Å²) < 4.78 is 5.76. The highest BCUT2D eigenvalue weighted by Crippen LogP contribution is 2.17. The third kappa shape index (κ3) is 7.01. The molecule has 0 unspecified atom stereocenters. The van der Waals surface area contributed by atoms with Crippen LogP contribution < -0.4 is 15.4 Å². The van der Waals surface area contributed by atoms with Crippen molar-refractivity contribution in [3.8, 4) is 5.75 Å². The van der Waals surface area contributed by atoms with Crippen molar-refractivity contribution in [1.29, 1.82) is 0 Å². The molecule has 1 aromatic rings. The van der Waals surface area contributed by atoms with E-state index >= 15 is 0 Å². The second-order valence-corrected chi connectivity index (χ2v) is 8.01. The van der Waals surface area contributed by atoms with Gasteiger partial charge in [-0.15, -0.1) is 0 Å². The van der Waals surface area contributed by atoms with Crippen LogP contribution in [-0.2, 0) is 4.79 Å². The van der Waals surface area contributed by atoms with Crippen LogP contribution in [0.2, 0.25) is 0 Å². The maximum absolute atomic E-state index is 12.5. The molecular weight excluding hydrogens is 368 g/mol.